The van der Waals surface area contributed by atoms with Gasteiger partial charge < -0.3 is 5.11 Å². The van der Waals surface area contributed by atoms with Gasteiger partial charge in [-0.1, -0.05) is 0 Å². The fraction of sp³-hybridized carbons (Fsp3) is 0.556. The zero-order chi connectivity index (χ0) is 10.0. The van der Waals surface area contributed by atoms with Gasteiger partial charge in [-0.05, 0) is 20.8 Å². The maximum atomic E-state index is 11.1. The molecule has 1 heterocycles. The second kappa shape index (κ2) is 3.98. The van der Waals surface area contributed by atoms with Crippen LogP contribution in [0.4, 0.5) is 0 Å². The normalized spacial score (nSPS) is 12.9. The highest BCUT2D eigenvalue weighted by Crippen LogP contribution is 2.17. The Balaban J connectivity index is 2.70. The van der Waals surface area contributed by atoms with Gasteiger partial charge >= 0.3 is 0 Å². The molecule has 0 radical (unpaired) electrons. The molecule has 1 unspecified atom stereocenters. The number of aliphatic hydroxyl groups excluding tert-OH is 1. The first kappa shape index (κ1) is 10.3. The molecule has 1 aromatic rings. The molecule has 1 aromatic heterocycles. The number of thiazole rings is 1. The van der Waals surface area contributed by atoms with Crippen molar-refractivity contribution in [3.8, 4) is 0 Å². The van der Waals surface area contributed by atoms with Crippen molar-refractivity contribution >= 4 is 17.1 Å². The van der Waals surface area contributed by atoms with Gasteiger partial charge in [-0.2, -0.15) is 0 Å². The van der Waals surface area contributed by atoms with Crippen molar-refractivity contribution in [3.05, 3.63) is 15.6 Å². The highest BCUT2D eigenvalue weighted by Gasteiger charge is 2.12. The van der Waals surface area contributed by atoms with Crippen LogP contribution in [0.25, 0.3) is 0 Å². The number of Topliss-reactive ketones (excluding diaryl/α,β-unsaturated/α-hetero) is 1. The van der Waals surface area contributed by atoms with Crippen LogP contribution in [0.3, 0.4) is 0 Å². The van der Waals surface area contributed by atoms with Crippen molar-refractivity contribution in [2.45, 2.75) is 33.3 Å². The number of aromatic nitrogens is 1. The van der Waals surface area contributed by atoms with Crippen LogP contribution in [0, 0.1) is 13.8 Å². The summed E-state index contributed by atoms with van der Waals surface area (Å²) >= 11 is 1.52. The van der Waals surface area contributed by atoms with E-state index < -0.39 is 6.10 Å². The number of carbonyl (C=O) groups excluding carboxylic acids is 1. The van der Waals surface area contributed by atoms with Crippen LogP contribution < -0.4 is 0 Å². The highest BCUT2D eigenvalue weighted by molar-refractivity contribution is 7.11. The molecule has 0 saturated heterocycles. The Morgan fingerprint density at radius 1 is 1.62 bits per heavy atom. The standard InChI is InChI=1S/C9H13NO2S/c1-5-7(3)13-9(10-5)4-8(12)6(2)11/h6,11H,4H2,1-3H3. The molecule has 4 heteroatoms. The van der Waals surface area contributed by atoms with Crippen LogP contribution >= 0.6 is 11.3 Å². The highest BCUT2D eigenvalue weighted by atomic mass is 32.1. The van der Waals surface area contributed by atoms with Gasteiger partial charge in [0.1, 0.15) is 11.1 Å². The lowest BCUT2D eigenvalue weighted by molar-refractivity contribution is -0.125. The van der Waals surface area contributed by atoms with Crippen LogP contribution in [0.5, 0.6) is 0 Å². The van der Waals surface area contributed by atoms with Crippen molar-refractivity contribution < 1.29 is 9.90 Å². The van der Waals surface area contributed by atoms with Gasteiger partial charge in [-0.25, -0.2) is 4.98 Å². The monoisotopic (exact) mass is 199 g/mol. The van der Waals surface area contributed by atoms with E-state index in [1.54, 1.807) is 0 Å². The number of hydrogen-bond donors (Lipinski definition) is 1. The van der Waals surface area contributed by atoms with Gasteiger partial charge in [0, 0.05) is 4.88 Å². The van der Waals surface area contributed by atoms with Crippen molar-refractivity contribution in [2.75, 3.05) is 0 Å². The number of ketones is 1. The van der Waals surface area contributed by atoms with Crippen LogP contribution in [0.1, 0.15) is 22.5 Å². The molecule has 3 nitrogen and oxygen atoms in total. The van der Waals surface area contributed by atoms with Crippen LogP contribution in [-0.2, 0) is 11.2 Å². The Hall–Kier alpha value is -0.740. The third kappa shape index (κ3) is 2.60. The topological polar surface area (TPSA) is 50.2 Å². The molecule has 0 fully saturated rings. The SMILES string of the molecule is Cc1nc(CC(=O)C(C)O)sc1C. The third-order valence-corrected chi connectivity index (χ3v) is 2.94. The summed E-state index contributed by atoms with van der Waals surface area (Å²) in [5.41, 5.74) is 0.971. The van der Waals surface area contributed by atoms with Gasteiger partial charge in [-0.15, -0.1) is 11.3 Å². The van der Waals surface area contributed by atoms with E-state index in [-0.39, 0.29) is 12.2 Å². The second-order valence-electron chi connectivity index (χ2n) is 3.07. The van der Waals surface area contributed by atoms with E-state index in [2.05, 4.69) is 4.98 Å². The fourth-order valence-electron chi connectivity index (χ4n) is 0.912. The largest absolute Gasteiger partial charge is 0.386 e. The molecule has 0 spiro atoms. The average Bonchev–Trinajstić information content (AvgIpc) is 2.31. The lowest BCUT2D eigenvalue weighted by atomic mass is 10.2. The van der Waals surface area contributed by atoms with Gasteiger partial charge in [-0.3, -0.25) is 4.79 Å². The number of carbonyl (C=O) groups is 1. The van der Waals surface area contributed by atoms with E-state index in [0.717, 1.165) is 15.6 Å². The summed E-state index contributed by atoms with van der Waals surface area (Å²) in [6.45, 7) is 5.38. The van der Waals surface area contributed by atoms with Gasteiger partial charge in [0.25, 0.3) is 0 Å². The third-order valence-electron chi connectivity index (χ3n) is 1.86. The number of aliphatic hydroxyl groups is 1. The lowest BCUT2D eigenvalue weighted by Gasteiger charge is -1.99. The molecular formula is C9H13NO2S. The fourth-order valence-corrected chi connectivity index (χ4v) is 1.86. The van der Waals surface area contributed by atoms with Crippen molar-refractivity contribution in [1.29, 1.82) is 0 Å². The predicted molar refractivity (Wildman–Crippen MR) is 52.0 cm³/mol. The maximum absolute atomic E-state index is 11.1. The van der Waals surface area contributed by atoms with Gasteiger partial charge in [0.15, 0.2) is 5.78 Å². The first-order valence-corrected chi connectivity index (χ1v) is 4.96. The molecular weight excluding hydrogens is 186 g/mol. The minimum Gasteiger partial charge on any atom is -0.386 e. The zero-order valence-corrected chi connectivity index (χ0v) is 8.81. The molecule has 0 aromatic carbocycles. The van der Waals surface area contributed by atoms with Gasteiger partial charge in [0.05, 0.1) is 12.1 Å². The molecule has 0 bridgehead atoms. The van der Waals surface area contributed by atoms with Crippen molar-refractivity contribution in [3.63, 3.8) is 0 Å². The number of aryl methyl sites for hydroxylation is 2. The van der Waals surface area contributed by atoms with Crippen molar-refractivity contribution in [1.82, 2.24) is 4.98 Å². The number of hydrogen-bond acceptors (Lipinski definition) is 4. The van der Waals surface area contributed by atoms with E-state index >= 15 is 0 Å². The molecule has 72 valence electrons. The summed E-state index contributed by atoms with van der Waals surface area (Å²) in [5.74, 6) is -0.172. The second-order valence-corrected chi connectivity index (χ2v) is 4.36. The van der Waals surface area contributed by atoms with E-state index in [4.69, 9.17) is 5.11 Å². The van der Waals surface area contributed by atoms with E-state index in [9.17, 15) is 4.79 Å². The molecule has 1 atom stereocenters. The molecule has 0 aliphatic carbocycles. The smallest absolute Gasteiger partial charge is 0.167 e. The number of nitrogens with zero attached hydrogens (tertiary/aromatic N) is 1. The summed E-state index contributed by atoms with van der Waals surface area (Å²) in [7, 11) is 0. The first-order chi connectivity index (χ1) is 6.00. The molecule has 0 aliphatic rings. The molecule has 0 aliphatic heterocycles. The summed E-state index contributed by atoms with van der Waals surface area (Å²) in [4.78, 5) is 16.5. The average molecular weight is 199 g/mol. The van der Waals surface area contributed by atoms with Crippen LogP contribution in [0.2, 0.25) is 0 Å². The zero-order valence-electron chi connectivity index (χ0n) is 8.00. The predicted octanol–water partition coefficient (Wildman–Crippen LogP) is 1.25. The Morgan fingerprint density at radius 3 is 2.62 bits per heavy atom. The molecule has 1 rings (SSSR count). The molecule has 13 heavy (non-hydrogen) atoms. The minimum atomic E-state index is -0.885. The Bertz CT molecular complexity index is 298. The Morgan fingerprint density at radius 2 is 2.23 bits per heavy atom. The van der Waals surface area contributed by atoms with Crippen LogP contribution in [-0.4, -0.2) is 22.0 Å². The summed E-state index contributed by atoms with van der Waals surface area (Å²) in [6.07, 6.45) is -0.638. The molecule has 0 saturated carbocycles. The lowest BCUT2D eigenvalue weighted by Crippen LogP contribution is -2.18. The summed E-state index contributed by atoms with van der Waals surface area (Å²) < 4.78 is 0. The van der Waals surface area contributed by atoms with E-state index in [0.29, 0.717) is 0 Å². The number of rotatable bonds is 3. The van der Waals surface area contributed by atoms with Crippen LogP contribution in [0.15, 0.2) is 0 Å². The minimum absolute atomic E-state index is 0.172. The summed E-state index contributed by atoms with van der Waals surface area (Å²) in [5, 5.41) is 9.78. The van der Waals surface area contributed by atoms with Gasteiger partial charge in [0.2, 0.25) is 0 Å². The maximum Gasteiger partial charge on any atom is 0.167 e. The molecule has 1 N–H and O–H groups in total. The quantitative estimate of drug-likeness (QED) is 0.797. The summed E-state index contributed by atoms with van der Waals surface area (Å²) in [6, 6.07) is 0. The molecule has 0 amide bonds. The Kier molecular flexibility index (Phi) is 3.17. The Labute approximate surface area is 81.4 Å². The van der Waals surface area contributed by atoms with Crippen molar-refractivity contribution in [2.24, 2.45) is 0 Å². The van der Waals surface area contributed by atoms with E-state index in [1.165, 1.54) is 18.3 Å². The van der Waals surface area contributed by atoms with E-state index in [1.807, 2.05) is 13.8 Å². The first-order valence-electron chi connectivity index (χ1n) is 4.14.